The molecule has 0 aliphatic carbocycles. The maximum atomic E-state index is 11.2. The van der Waals surface area contributed by atoms with E-state index in [4.69, 9.17) is 15.4 Å². The Hall–Kier alpha value is -2.77. The first-order chi connectivity index (χ1) is 9.61. The highest BCUT2D eigenvalue weighted by molar-refractivity contribution is 5.68. The Kier molecular flexibility index (Phi) is 6.38. The van der Waals surface area contributed by atoms with Crippen LogP contribution in [0.2, 0.25) is 0 Å². The molecule has 0 saturated heterocycles. The maximum absolute atomic E-state index is 11.2. The Labute approximate surface area is 113 Å². The molecule has 1 amide bonds. The molecule has 0 atom stereocenters. The van der Waals surface area contributed by atoms with Crippen molar-refractivity contribution < 1.29 is 24.2 Å². The molecular weight excluding hydrogens is 268 g/mol. The number of amides is 1. The topological polar surface area (TPSA) is 134 Å². The minimum absolute atomic E-state index is 0.0291. The van der Waals surface area contributed by atoms with Crippen molar-refractivity contribution >= 4 is 17.7 Å². The monoisotopic (exact) mass is 280 g/mol. The van der Waals surface area contributed by atoms with Crippen molar-refractivity contribution in [3.05, 3.63) is 40.3 Å². The van der Waals surface area contributed by atoms with E-state index in [1.807, 2.05) is 0 Å². The first-order valence-corrected chi connectivity index (χ1v) is 5.46. The number of nitrogens with zero attached hydrogens (tertiary/aromatic N) is 3. The number of hydrogen-bond acceptors (Lipinski definition) is 5. The van der Waals surface area contributed by atoms with Crippen LogP contribution in [0, 0.1) is 0 Å². The Bertz CT molecular complexity index is 510. The average Bonchev–Trinajstić information content (AvgIpc) is 2.43. The molecule has 1 rings (SSSR count). The van der Waals surface area contributed by atoms with Crippen LogP contribution in [0.15, 0.2) is 29.4 Å². The van der Waals surface area contributed by atoms with Crippen LogP contribution in [0.25, 0.3) is 10.4 Å². The zero-order valence-corrected chi connectivity index (χ0v) is 10.4. The summed E-state index contributed by atoms with van der Waals surface area (Å²) in [6.45, 7) is -0.719. The number of benzene rings is 1. The summed E-state index contributed by atoms with van der Waals surface area (Å²) in [6, 6.07) is 6.48. The van der Waals surface area contributed by atoms with Crippen LogP contribution in [0.5, 0.6) is 0 Å². The average molecular weight is 280 g/mol. The molecule has 1 aromatic rings. The van der Waals surface area contributed by atoms with Gasteiger partial charge in [0.15, 0.2) is 0 Å². The van der Waals surface area contributed by atoms with Gasteiger partial charge >= 0.3 is 12.1 Å². The lowest BCUT2D eigenvalue weighted by Gasteiger charge is -2.07. The summed E-state index contributed by atoms with van der Waals surface area (Å²) in [5, 5.41) is 13.9. The normalized spacial score (nSPS) is 9.40. The third kappa shape index (κ3) is 6.24. The Balaban J connectivity index is 2.26. The van der Waals surface area contributed by atoms with E-state index in [0.717, 1.165) is 0 Å². The van der Waals surface area contributed by atoms with Gasteiger partial charge in [0.25, 0.3) is 0 Å². The van der Waals surface area contributed by atoms with E-state index in [0.29, 0.717) is 11.3 Å². The summed E-state index contributed by atoms with van der Waals surface area (Å²) in [7, 11) is 0. The number of rotatable bonds is 7. The molecule has 0 aliphatic rings. The van der Waals surface area contributed by atoms with Crippen molar-refractivity contribution in [2.45, 2.75) is 6.61 Å². The number of alkyl carbamates (subject to hydrolysis) is 1. The lowest BCUT2D eigenvalue weighted by atomic mass is 10.2. The van der Waals surface area contributed by atoms with Crippen molar-refractivity contribution in [2.75, 3.05) is 13.3 Å². The maximum Gasteiger partial charge on any atom is 0.409 e. The number of carboxylic acids is 1. The quantitative estimate of drug-likeness (QED) is 0.258. The molecule has 1 aromatic carbocycles. The number of azide groups is 1. The largest absolute Gasteiger partial charge is 0.480 e. The van der Waals surface area contributed by atoms with Crippen LogP contribution in [-0.4, -0.2) is 30.5 Å². The van der Waals surface area contributed by atoms with Crippen LogP contribution in [0.3, 0.4) is 0 Å². The number of nitrogens with one attached hydrogen (secondary N) is 1. The zero-order chi connectivity index (χ0) is 14.8. The second-order valence-corrected chi connectivity index (χ2v) is 3.50. The number of carboxylic acid groups (broad SMARTS) is 1. The van der Waals surface area contributed by atoms with Crippen molar-refractivity contribution in [3.8, 4) is 0 Å². The van der Waals surface area contributed by atoms with Gasteiger partial charge in [-0.3, -0.25) is 5.32 Å². The highest BCUT2D eigenvalue weighted by Crippen LogP contribution is 2.13. The van der Waals surface area contributed by atoms with Gasteiger partial charge < -0.3 is 14.6 Å². The van der Waals surface area contributed by atoms with E-state index in [1.54, 1.807) is 24.3 Å². The SMILES string of the molecule is [N-]=[N+]=Nc1ccc(COC(=O)NCOCC(=O)O)cc1. The predicted octanol–water partition coefficient (Wildman–Crippen LogP) is 1.91. The van der Waals surface area contributed by atoms with E-state index in [9.17, 15) is 9.59 Å². The van der Waals surface area contributed by atoms with E-state index in [-0.39, 0.29) is 13.3 Å². The summed E-state index contributed by atoms with van der Waals surface area (Å²) in [6.07, 6.45) is -0.727. The smallest absolute Gasteiger partial charge is 0.409 e. The zero-order valence-electron chi connectivity index (χ0n) is 10.4. The van der Waals surface area contributed by atoms with Gasteiger partial charge in [0.05, 0.1) is 0 Å². The summed E-state index contributed by atoms with van der Waals surface area (Å²) < 4.78 is 9.46. The van der Waals surface area contributed by atoms with Crippen LogP contribution in [-0.2, 0) is 20.9 Å². The summed E-state index contributed by atoms with van der Waals surface area (Å²) in [5.74, 6) is -1.12. The molecule has 0 fully saturated rings. The first kappa shape index (κ1) is 15.3. The molecule has 9 heteroatoms. The van der Waals surface area contributed by atoms with Crippen LogP contribution in [0.1, 0.15) is 5.56 Å². The van der Waals surface area contributed by atoms with Crippen molar-refractivity contribution in [1.82, 2.24) is 5.32 Å². The van der Waals surface area contributed by atoms with Gasteiger partial charge in [-0.05, 0) is 11.1 Å². The molecule has 0 aromatic heterocycles. The molecular formula is C11H12N4O5. The van der Waals surface area contributed by atoms with Crippen LogP contribution < -0.4 is 5.32 Å². The molecule has 0 bridgehead atoms. The number of hydrogen-bond donors (Lipinski definition) is 2. The Morgan fingerprint density at radius 2 is 2.05 bits per heavy atom. The number of ether oxygens (including phenoxy) is 2. The molecule has 0 heterocycles. The summed E-state index contributed by atoms with van der Waals surface area (Å²) in [5.41, 5.74) is 9.41. The molecule has 0 radical (unpaired) electrons. The van der Waals surface area contributed by atoms with E-state index in [1.165, 1.54) is 0 Å². The highest BCUT2D eigenvalue weighted by atomic mass is 16.6. The standard InChI is InChI=1S/C11H12N4O5/c12-15-14-9-3-1-8(2-4-9)5-20-11(18)13-7-19-6-10(16)17/h1-4H,5-7H2,(H,13,18)(H,16,17). The minimum Gasteiger partial charge on any atom is -0.480 e. The molecule has 106 valence electrons. The molecule has 9 nitrogen and oxygen atoms in total. The fraction of sp³-hybridized carbons (Fsp3) is 0.273. The predicted molar refractivity (Wildman–Crippen MR) is 67.0 cm³/mol. The highest BCUT2D eigenvalue weighted by Gasteiger charge is 2.03. The third-order valence-corrected chi connectivity index (χ3v) is 2.01. The lowest BCUT2D eigenvalue weighted by Crippen LogP contribution is -2.28. The molecule has 2 N–H and O–H groups in total. The fourth-order valence-electron chi connectivity index (χ4n) is 1.16. The van der Waals surface area contributed by atoms with Gasteiger partial charge in [0.1, 0.15) is 19.9 Å². The lowest BCUT2D eigenvalue weighted by molar-refractivity contribution is -0.142. The first-order valence-electron chi connectivity index (χ1n) is 5.46. The minimum atomic E-state index is -1.12. The Morgan fingerprint density at radius 1 is 1.35 bits per heavy atom. The second kappa shape index (κ2) is 8.35. The van der Waals surface area contributed by atoms with Gasteiger partial charge in [-0.2, -0.15) is 0 Å². The van der Waals surface area contributed by atoms with Gasteiger partial charge in [0.2, 0.25) is 0 Å². The van der Waals surface area contributed by atoms with Crippen molar-refractivity contribution in [3.63, 3.8) is 0 Å². The van der Waals surface area contributed by atoms with E-state index in [2.05, 4.69) is 20.1 Å². The van der Waals surface area contributed by atoms with Gasteiger partial charge in [0, 0.05) is 10.6 Å². The molecule has 0 spiro atoms. The third-order valence-electron chi connectivity index (χ3n) is 2.01. The molecule has 0 aliphatic heterocycles. The molecule has 20 heavy (non-hydrogen) atoms. The van der Waals surface area contributed by atoms with Crippen LogP contribution >= 0.6 is 0 Å². The number of carbonyl (C=O) groups excluding carboxylic acids is 1. The Morgan fingerprint density at radius 3 is 2.65 bits per heavy atom. The van der Waals surface area contributed by atoms with E-state index < -0.39 is 18.7 Å². The number of carbonyl (C=O) groups is 2. The summed E-state index contributed by atoms with van der Waals surface area (Å²) >= 11 is 0. The second-order valence-electron chi connectivity index (χ2n) is 3.50. The van der Waals surface area contributed by atoms with Gasteiger partial charge in [-0.15, -0.1) is 0 Å². The number of aliphatic carboxylic acids is 1. The van der Waals surface area contributed by atoms with E-state index >= 15 is 0 Å². The van der Waals surface area contributed by atoms with Crippen molar-refractivity contribution in [1.29, 1.82) is 0 Å². The fourth-order valence-corrected chi connectivity index (χ4v) is 1.16. The van der Waals surface area contributed by atoms with Crippen molar-refractivity contribution in [2.24, 2.45) is 5.11 Å². The summed E-state index contributed by atoms with van der Waals surface area (Å²) in [4.78, 5) is 24.0. The van der Waals surface area contributed by atoms with Crippen LogP contribution in [0.4, 0.5) is 10.5 Å². The molecule has 0 unspecified atom stereocenters. The van der Waals surface area contributed by atoms with Gasteiger partial charge in [-0.25, -0.2) is 9.59 Å². The van der Waals surface area contributed by atoms with Gasteiger partial charge in [-0.1, -0.05) is 29.4 Å². The molecule has 0 saturated carbocycles.